The van der Waals surface area contributed by atoms with Crippen molar-refractivity contribution < 1.29 is 23.9 Å². The summed E-state index contributed by atoms with van der Waals surface area (Å²) in [4.78, 5) is 38.6. The molecule has 32 heavy (non-hydrogen) atoms. The average Bonchev–Trinajstić information content (AvgIpc) is 2.83. The molecule has 0 aromatic heterocycles. The van der Waals surface area contributed by atoms with Crippen LogP contribution in [-0.2, 0) is 19.1 Å². The molecule has 0 atom stereocenters. The molecule has 0 spiro atoms. The Hall–Kier alpha value is -4.13. The van der Waals surface area contributed by atoms with Gasteiger partial charge in [-0.1, -0.05) is 42.5 Å². The number of anilines is 3. The van der Waals surface area contributed by atoms with Gasteiger partial charge in [0.05, 0.1) is 13.5 Å². The third-order valence-corrected chi connectivity index (χ3v) is 4.54. The van der Waals surface area contributed by atoms with E-state index in [0.29, 0.717) is 22.8 Å². The molecule has 0 saturated heterocycles. The number of rotatable bonds is 9. The Labute approximate surface area is 186 Å². The second-order valence-corrected chi connectivity index (χ2v) is 6.84. The zero-order valence-electron chi connectivity index (χ0n) is 17.7. The molecule has 1 N–H and O–H groups in total. The molecule has 3 aromatic rings. The number of amides is 2. The highest BCUT2D eigenvalue weighted by atomic mass is 16.5. The monoisotopic (exact) mass is 432 g/mol. The molecule has 0 radical (unpaired) electrons. The summed E-state index contributed by atoms with van der Waals surface area (Å²) in [5, 5.41) is 2.63. The summed E-state index contributed by atoms with van der Waals surface area (Å²) < 4.78 is 10.1. The number of nitrogens with zero attached hydrogens (tertiary/aromatic N) is 1. The molecule has 7 nitrogen and oxygen atoms in total. The number of benzene rings is 3. The molecule has 0 bridgehead atoms. The lowest BCUT2D eigenvalue weighted by Crippen LogP contribution is -2.27. The molecule has 3 aromatic carbocycles. The van der Waals surface area contributed by atoms with E-state index in [2.05, 4.69) is 5.32 Å². The van der Waals surface area contributed by atoms with E-state index in [9.17, 15) is 14.4 Å². The molecule has 164 valence electrons. The van der Waals surface area contributed by atoms with Crippen LogP contribution in [0.4, 0.5) is 17.1 Å². The van der Waals surface area contributed by atoms with Crippen LogP contribution in [0.15, 0.2) is 84.9 Å². The zero-order chi connectivity index (χ0) is 22.8. The van der Waals surface area contributed by atoms with Gasteiger partial charge in [0.15, 0.2) is 6.61 Å². The normalized spacial score (nSPS) is 10.2. The number of esters is 1. The Morgan fingerprint density at radius 3 is 2.03 bits per heavy atom. The van der Waals surface area contributed by atoms with Crippen molar-refractivity contribution in [2.24, 2.45) is 0 Å². The molecule has 2 amide bonds. The van der Waals surface area contributed by atoms with Crippen LogP contribution < -0.4 is 15.0 Å². The van der Waals surface area contributed by atoms with Crippen molar-refractivity contribution in [3.05, 3.63) is 84.9 Å². The number of nitrogens with one attached hydrogen (secondary N) is 1. The predicted molar refractivity (Wildman–Crippen MR) is 122 cm³/mol. The topological polar surface area (TPSA) is 84.9 Å². The van der Waals surface area contributed by atoms with E-state index in [1.54, 1.807) is 29.2 Å². The van der Waals surface area contributed by atoms with E-state index in [1.807, 2.05) is 60.7 Å². The zero-order valence-corrected chi connectivity index (χ0v) is 17.7. The predicted octanol–water partition coefficient (Wildman–Crippen LogP) is 4.32. The van der Waals surface area contributed by atoms with E-state index in [4.69, 9.17) is 9.47 Å². The van der Waals surface area contributed by atoms with Crippen molar-refractivity contribution in [3.63, 3.8) is 0 Å². The quantitative estimate of drug-likeness (QED) is 0.509. The minimum Gasteiger partial charge on any atom is -0.497 e. The molecular weight excluding hydrogens is 408 g/mol. The Morgan fingerprint density at radius 1 is 0.812 bits per heavy atom. The highest BCUT2D eigenvalue weighted by Gasteiger charge is 2.19. The summed E-state index contributed by atoms with van der Waals surface area (Å²) >= 11 is 0. The van der Waals surface area contributed by atoms with Crippen molar-refractivity contribution in [1.82, 2.24) is 0 Å². The van der Waals surface area contributed by atoms with E-state index >= 15 is 0 Å². The van der Waals surface area contributed by atoms with Crippen LogP contribution in [0.3, 0.4) is 0 Å². The van der Waals surface area contributed by atoms with Gasteiger partial charge < -0.3 is 14.8 Å². The summed E-state index contributed by atoms with van der Waals surface area (Å²) in [6.07, 6.45) is -0.193. The fourth-order valence-electron chi connectivity index (χ4n) is 3.03. The van der Waals surface area contributed by atoms with Crippen LogP contribution in [0.2, 0.25) is 0 Å². The van der Waals surface area contributed by atoms with Gasteiger partial charge in [0.2, 0.25) is 5.91 Å². The summed E-state index contributed by atoms with van der Waals surface area (Å²) in [7, 11) is 1.53. The summed E-state index contributed by atoms with van der Waals surface area (Å²) in [6, 6.07) is 25.2. The Balaban J connectivity index is 1.52. The smallest absolute Gasteiger partial charge is 0.306 e. The maximum atomic E-state index is 12.9. The van der Waals surface area contributed by atoms with Crippen LogP contribution >= 0.6 is 0 Å². The molecule has 0 aliphatic carbocycles. The van der Waals surface area contributed by atoms with Crippen molar-refractivity contribution in [3.8, 4) is 5.75 Å². The van der Waals surface area contributed by atoms with E-state index < -0.39 is 18.5 Å². The van der Waals surface area contributed by atoms with Crippen molar-refractivity contribution >= 4 is 34.8 Å². The van der Waals surface area contributed by atoms with Gasteiger partial charge in [-0.2, -0.15) is 0 Å². The van der Waals surface area contributed by atoms with Gasteiger partial charge >= 0.3 is 5.97 Å². The van der Waals surface area contributed by atoms with Crippen LogP contribution in [0, 0.1) is 0 Å². The molecule has 0 aliphatic rings. The summed E-state index contributed by atoms with van der Waals surface area (Å²) in [5.74, 6) is -0.756. The second-order valence-electron chi connectivity index (χ2n) is 6.84. The van der Waals surface area contributed by atoms with Gasteiger partial charge in [-0.25, -0.2) is 0 Å². The minimum atomic E-state index is -0.625. The molecule has 0 unspecified atom stereocenters. The second kappa shape index (κ2) is 11.3. The van der Waals surface area contributed by atoms with Crippen molar-refractivity contribution in [1.29, 1.82) is 0 Å². The van der Waals surface area contributed by atoms with E-state index in [-0.39, 0.29) is 18.7 Å². The Bertz CT molecular complexity index is 1010. The van der Waals surface area contributed by atoms with E-state index in [0.717, 1.165) is 0 Å². The number of para-hydroxylation sites is 2. The number of carbonyl (C=O) groups is 3. The van der Waals surface area contributed by atoms with Gasteiger partial charge in [-0.15, -0.1) is 0 Å². The summed E-state index contributed by atoms with van der Waals surface area (Å²) in [6.45, 7) is -0.439. The molecule has 3 rings (SSSR count). The van der Waals surface area contributed by atoms with Crippen molar-refractivity contribution in [2.45, 2.75) is 12.8 Å². The Kier molecular flexibility index (Phi) is 7.97. The Morgan fingerprint density at radius 2 is 1.44 bits per heavy atom. The van der Waals surface area contributed by atoms with Gasteiger partial charge in [0.25, 0.3) is 5.91 Å². The number of hydrogen-bond donors (Lipinski definition) is 1. The number of carbonyl (C=O) groups excluding carboxylic acids is 3. The maximum Gasteiger partial charge on any atom is 0.306 e. The average molecular weight is 432 g/mol. The third-order valence-electron chi connectivity index (χ3n) is 4.54. The van der Waals surface area contributed by atoms with Crippen LogP contribution in [0.25, 0.3) is 0 Å². The first-order valence-corrected chi connectivity index (χ1v) is 10.1. The first kappa shape index (κ1) is 22.6. The van der Waals surface area contributed by atoms with Crippen LogP contribution in [-0.4, -0.2) is 31.5 Å². The lowest BCUT2D eigenvalue weighted by Gasteiger charge is -2.23. The lowest BCUT2D eigenvalue weighted by molar-refractivity contribution is -0.148. The number of hydrogen-bond acceptors (Lipinski definition) is 5. The van der Waals surface area contributed by atoms with Crippen molar-refractivity contribution in [2.75, 3.05) is 23.9 Å². The van der Waals surface area contributed by atoms with Crippen LogP contribution in [0.5, 0.6) is 5.75 Å². The third kappa shape index (κ3) is 6.43. The summed E-state index contributed by atoms with van der Waals surface area (Å²) in [5.41, 5.74) is 1.94. The van der Waals surface area contributed by atoms with Gasteiger partial charge in [0.1, 0.15) is 5.75 Å². The SMILES string of the molecule is COc1cccc(NC(=O)COC(=O)CCC(=O)N(c2ccccc2)c2ccccc2)c1. The fourth-order valence-corrected chi connectivity index (χ4v) is 3.03. The molecule has 0 fully saturated rings. The minimum absolute atomic E-state index is 0.0554. The molecule has 7 heteroatoms. The van der Waals surface area contributed by atoms with Gasteiger partial charge in [-0.05, 0) is 36.4 Å². The van der Waals surface area contributed by atoms with Crippen LogP contribution in [0.1, 0.15) is 12.8 Å². The lowest BCUT2D eigenvalue weighted by atomic mass is 10.2. The first-order valence-electron chi connectivity index (χ1n) is 10.1. The largest absolute Gasteiger partial charge is 0.497 e. The molecule has 0 saturated carbocycles. The molecular formula is C25H24N2O5. The fraction of sp³-hybridized carbons (Fsp3) is 0.160. The molecule has 0 aliphatic heterocycles. The molecule has 0 heterocycles. The van der Waals surface area contributed by atoms with Gasteiger partial charge in [0, 0.05) is 29.5 Å². The maximum absolute atomic E-state index is 12.9. The standard InChI is InChI=1S/C25H24N2O5/c1-31-22-14-8-9-19(17-22)26-23(28)18-32-25(30)16-15-24(29)27(20-10-4-2-5-11-20)21-12-6-3-7-13-21/h2-14,17H,15-16,18H2,1H3,(H,26,28). The van der Waals surface area contributed by atoms with Gasteiger partial charge in [-0.3, -0.25) is 19.3 Å². The highest BCUT2D eigenvalue weighted by molar-refractivity contribution is 6.01. The highest BCUT2D eigenvalue weighted by Crippen LogP contribution is 2.26. The number of methoxy groups -OCH3 is 1. The first-order chi connectivity index (χ1) is 15.6. The number of ether oxygens (including phenoxy) is 2. The van der Waals surface area contributed by atoms with E-state index in [1.165, 1.54) is 7.11 Å².